The van der Waals surface area contributed by atoms with E-state index in [2.05, 4.69) is 39.9 Å². The van der Waals surface area contributed by atoms with Crippen molar-refractivity contribution in [3.63, 3.8) is 0 Å². The van der Waals surface area contributed by atoms with Gasteiger partial charge >= 0.3 is 0 Å². The summed E-state index contributed by atoms with van der Waals surface area (Å²) < 4.78 is 12.9. The summed E-state index contributed by atoms with van der Waals surface area (Å²) in [6.07, 6.45) is 2.63. The average Bonchev–Trinajstić information content (AvgIpc) is 3.17. The van der Waals surface area contributed by atoms with E-state index in [1.54, 1.807) is 18.8 Å². The van der Waals surface area contributed by atoms with Crippen molar-refractivity contribution in [2.24, 2.45) is 4.99 Å². The molecule has 1 saturated heterocycles. The molecule has 30 heavy (non-hydrogen) atoms. The summed E-state index contributed by atoms with van der Waals surface area (Å²) in [5.74, 6) is 1.78. The maximum atomic E-state index is 12.9. The minimum Gasteiger partial charge on any atom is -0.356 e. The van der Waals surface area contributed by atoms with Crippen LogP contribution in [0.4, 0.5) is 4.39 Å². The summed E-state index contributed by atoms with van der Waals surface area (Å²) in [4.78, 5) is 19.0. The van der Waals surface area contributed by atoms with Gasteiger partial charge in [-0.3, -0.25) is 9.79 Å². The summed E-state index contributed by atoms with van der Waals surface area (Å²) in [6.45, 7) is 3.07. The fraction of sp³-hybridized carbons (Fsp3) is 0.391. The van der Waals surface area contributed by atoms with Gasteiger partial charge in [0.2, 0.25) is 5.91 Å². The van der Waals surface area contributed by atoms with E-state index in [9.17, 15) is 9.18 Å². The molecule has 1 fully saturated rings. The zero-order valence-corrected chi connectivity index (χ0v) is 18.2. The van der Waals surface area contributed by atoms with E-state index >= 15 is 0 Å². The second kappa shape index (κ2) is 11.6. The molecule has 1 aliphatic rings. The van der Waals surface area contributed by atoms with Gasteiger partial charge in [0.1, 0.15) is 5.82 Å². The lowest BCUT2D eigenvalue weighted by atomic mass is 10.1. The van der Waals surface area contributed by atoms with Crippen LogP contribution >= 0.6 is 11.8 Å². The van der Waals surface area contributed by atoms with Crippen molar-refractivity contribution in [1.82, 2.24) is 15.5 Å². The second-order valence-corrected chi connectivity index (χ2v) is 8.41. The number of rotatable bonds is 9. The molecule has 1 heterocycles. The summed E-state index contributed by atoms with van der Waals surface area (Å²) >= 11 is 1.72. The summed E-state index contributed by atoms with van der Waals surface area (Å²) in [5, 5.41) is 6.65. The Morgan fingerprint density at radius 2 is 1.83 bits per heavy atom. The number of likely N-dealkylation sites (tertiary alicyclic amines) is 1. The van der Waals surface area contributed by atoms with E-state index in [-0.39, 0.29) is 11.7 Å². The van der Waals surface area contributed by atoms with E-state index in [4.69, 9.17) is 0 Å². The Labute approximate surface area is 182 Å². The molecule has 1 amide bonds. The van der Waals surface area contributed by atoms with Crippen molar-refractivity contribution >= 4 is 23.6 Å². The number of nitrogens with zero attached hydrogens (tertiary/aromatic N) is 2. The minimum atomic E-state index is -0.202. The second-order valence-electron chi connectivity index (χ2n) is 7.24. The molecule has 2 N–H and O–H groups in total. The number of benzene rings is 2. The number of nitrogens with one attached hydrogen (secondary N) is 2. The largest absolute Gasteiger partial charge is 0.356 e. The minimum absolute atomic E-state index is 0.202. The molecule has 2 aromatic rings. The predicted molar refractivity (Wildman–Crippen MR) is 121 cm³/mol. The van der Waals surface area contributed by atoms with Gasteiger partial charge in [-0.2, -0.15) is 0 Å². The first-order valence-electron chi connectivity index (χ1n) is 10.3. The number of thioether (sulfide) groups is 1. The van der Waals surface area contributed by atoms with Crippen LogP contribution < -0.4 is 10.6 Å². The van der Waals surface area contributed by atoms with Crippen molar-refractivity contribution in [2.45, 2.75) is 37.2 Å². The van der Waals surface area contributed by atoms with Crippen LogP contribution in [0.3, 0.4) is 0 Å². The number of aliphatic imine (C=N–C) groups is 1. The monoisotopic (exact) mass is 428 g/mol. The van der Waals surface area contributed by atoms with Gasteiger partial charge in [-0.25, -0.2) is 4.39 Å². The number of carbonyl (C=O) groups excluding carboxylic acids is 1. The SMILES string of the molecule is CN=C(NCCCSc1ccc(F)cc1)NCc1ccc(CN2CCCC2=O)cc1. The molecule has 0 bridgehead atoms. The van der Waals surface area contributed by atoms with E-state index in [1.807, 2.05) is 17.0 Å². The Morgan fingerprint density at radius 3 is 2.50 bits per heavy atom. The molecular weight excluding hydrogens is 399 g/mol. The highest BCUT2D eigenvalue weighted by molar-refractivity contribution is 7.99. The molecule has 7 heteroatoms. The lowest BCUT2D eigenvalue weighted by molar-refractivity contribution is -0.128. The molecule has 160 valence electrons. The van der Waals surface area contributed by atoms with Crippen LogP contribution in [0, 0.1) is 5.82 Å². The third-order valence-electron chi connectivity index (χ3n) is 4.95. The smallest absolute Gasteiger partial charge is 0.222 e. The van der Waals surface area contributed by atoms with Crippen LogP contribution in [0.2, 0.25) is 0 Å². The van der Waals surface area contributed by atoms with Crippen LogP contribution in [-0.4, -0.2) is 42.7 Å². The maximum Gasteiger partial charge on any atom is 0.222 e. The first kappa shape index (κ1) is 22.2. The highest BCUT2D eigenvalue weighted by atomic mass is 32.2. The molecule has 1 aliphatic heterocycles. The first-order chi connectivity index (χ1) is 14.6. The topological polar surface area (TPSA) is 56.7 Å². The summed E-state index contributed by atoms with van der Waals surface area (Å²) in [5.41, 5.74) is 2.33. The quantitative estimate of drug-likeness (QED) is 0.276. The Bertz CT molecular complexity index is 839. The third-order valence-corrected chi connectivity index (χ3v) is 6.05. The van der Waals surface area contributed by atoms with Crippen LogP contribution in [0.1, 0.15) is 30.4 Å². The Morgan fingerprint density at radius 1 is 1.10 bits per heavy atom. The van der Waals surface area contributed by atoms with Crippen molar-refractivity contribution in [2.75, 3.05) is 25.9 Å². The lowest BCUT2D eigenvalue weighted by Gasteiger charge is -2.16. The van der Waals surface area contributed by atoms with Crippen LogP contribution in [0.15, 0.2) is 58.4 Å². The standard InChI is InChI=1S/C23H29FN4OS/c1-25-23(26-13-3-15-30-21-11-9-20(24)10-12-21)27-16-18-5-7-19(8-6-18)17-28-14-2-4-22(28)29/h5-12H,2-4,13-17H2,1H3,(H2,25,26,27). The molecule has 0 aliphatic carbocycles. The predicted octanol–water partition coefficient (Wildman–Crippen LogP) is 3.80. The van der Waals surface area contributed by atoms with Gasteiger partial charge in [-0.1, -0.05) is 24.3 Å². The zero-order valence-electron chi connectivity index (χ0n) is 17.4. The Hall–Kier alpha value is -2.54. The molecule has 0 saturated carbocycles. The van der Waals surface area contributed by atoms with Gasteiger partial charge in [0, 0.05) is 44.5 Å². The zero-order chi connectivity index (χ0) is 21.2. The number of amides is 1. The van der Waals surface area contributed by atoms with Crippen LogP contribution in [0.5, 0.6) is 0 Å². The Balaban J connectivity index is 1.33. The molecule has 0 spiro atoms. The van der Waals surface area contributed by atoms with Crippen molar-refractivity contribution < 1.29 is 9.18 Å². The van der Waals surface area contributed by atoms with Crippen molar-refractivity contribution in [3.05, 3.63) is 65.5 Å². The van der Waals surface area contributed by atoms with E-state index < -0.39 is 0 Å². The number of carbonyl (C=O) groups is 1. The molecule has 0 unspecified atom stereocenters. The van der Waals surface area contributed by atoms with Crippen molar-refractivity contribution in [1.29, 1.82) is 0 Å². The number of hydrogen-bond acceptors (Lipinski definition) is 3. The van der Waals surface area contributed by atoms with Crippen molar-refractivity contribution in [3.8, 4) is 0 Å². The normalized spacial score (nSPS) is 14.3. The van der Waals surface area contributed by atoms with E-state index in [1.165, 1.54) is 17.7 Å². The first-order valence-corrected chi connectivity index (χ1v) is 11.3. The molecule has 0 radical (unpaired) electrons. The maximum absolute atomic E-state index is 12.9. The lowest BCUT2D eigenvalue weighted by Crippen LogP contribution is -2.37. The number of guanidine groups is 1. The summed E-state index contributed by atoms with van der Waals surface area (Å²) in [7, 11) is 1.76. The Kier molecular flexibility index (Phi) is 8.56. The van der Waals surface area contributed by atoms with Gasteiger partial charge in [-0.15, -0.1) is 11.8 Å². The molecule has 0 atom stereocenters. The number of hydrogen-bond donors (Lipinski definition) is 2. The summed E-state index contributed by atoms with van der Waals surface area (Å²) in [6, 6.07) is 15.0. The van der Waals surface area contributed by atoms with Gasteiger partial charge < -0.3 is 15.5 Å². The average molecular weight is 429 g/mol. The highest BCUT2D eigenvalue weighted by Crippen LogP contribution is 2.18. The molecular formula is C23H29FN4OS. The number of halogens is 1. The van der Waals surface area contributed by atoms with Gasteiger partial charge in [-0.05, 0) is 54.0 Å². The molecule has 2 aromatic carbocycles. The van der Waals surface area contributed by atoms with E-state index in [0.29, 0.717) is 19.5 Å². The van der Waals surface area contributed by atoms with Crippen LogP contribution in [-0.2, 0) is 17.9 Å². The van der Waals surface area contributed by atoms with Crippen LogP contribution in [0.25, 0.3) is 0 Å². The fourth-order valence-corrected chi connectivity index (χ4v) is 4.11. The van der Waals surface area contributed by atoms with E-state index in [0.717, 1.165) is 48.1 Å². The molecule has 0 aromatic heterocycles. The highest BCUT2D eigenvalue weighted by Gasteiger charge is 2.19. The van der Waals surface area contributed by atoms with Gasteiger partial charge in [0.25, 0.3) is 0 Å². The van der Waals surface area contributed by atoms with Gasteiger partial charge in [0.15, 0.2) is 5.96 Å². The molecule has 5 nitrogen and oxygen atoms in total. The molecule has 3 rings (SSSR count). The third kappa shape index (κ3) is 7.06. The fourth-order valence-electron chi connectivity index (χ4n) is 3.26. The van der Waals surface area contributed by atoms with Gasteiger partial charge in [0.05, 0.1) is 0 Å².